The number of carbonyl (C=O) groups excluding carboxylic acids is 4. The van der Waals surface area contributed by atoms with E-state index in [2.05, 4.69) is 21.2 Å². The van der Waals surface area contributed by atoms with Gasteiger partial charge in [-0.05, 0) is 24.3 Å². The lowest BCUT2D eigenvalue weighted by molar-refractivity contribution is -0.257. The van der Waals surface area contributed by atoms with Gasteiger partial charge in [0, 0.05) is 32.2 Å². The van der Waals surface area contributed by atoms with Crippen molar-refractivity contribution >= 4 is 39.7 Å². The summed E-state index contributed by atoms with van der Waals surface area (Å²) in [4.78, 5) is 46.7. The monoisotopic (exact) mass is 501 g/mol. The molecule has 0 bridgehead atoms. The lowest BCUT2D eigenvalue weighted by Gasteiger charge is -2.44. The molecular formula is C20H24BrNO9. The second kappa shape index (κ2) is 11.1. The SMILES string of the molecule is CC(=O)N[C@@H]1[C@H](Oc2ccc(Br)cc2)O[C@H](COC(C)=O)[C@@H](OC(C)=O)[C@@H]1OC(C)=O. The number of hydrogen-bond donors (Lipinski definition) is 1. The van der Waals surface area contributed by atoms with Gasteiger partial charge in [-0.1, -0.05) is 15.9 Å². The maximum absolute atomic E-state index is 11.9. The smallest absolute Gasteiger partial charge is 0.303 e. The number of ether oxygens (including phenoxy) is 5. The van der Waals surface area contributed by atoms with E-state index in [1.165, 1.54) is 27.7 Å². The van der Waals surface area contributed by atoms with E-state index in [1.54, 1.807) is 24.3 Å². The molecule has 1 amide bonds. The van der Waals surface area contributed by atoms with Crippen molar-refractivity contribution in [1.29, 1.82) is 0 Å². The number of nitrogens with one attached hydrogen (secondary N) is 1. The molecule has 2 rings (SSSR count). The van der Waals surface area contributed by atoms with Gasteiger partial charge in [0.15, 0.2) is 12.2 Å². The van der Waals surface area contributed by atoms with Crippen LogP contribution in [-0.4, -0.2) is 61.1 Å². The Morgan fingerprint density at radius 1 is 0.935 bits per heavy atom. The molecule has 0 aliphatic carbocycles. The average Bonchev–Trinajstić information content (AvgIpc) is 2.65. The molecule has 1 N–H and O–H groups in total. The van der Waals surface area contributed by atoms with Crippen LogP contribution in [0.1, 0.15) is 27.7 Å². The lowest BCUT2D eigenvalue weighted by Crippen LogP contribution is -2.67. The largest absolute Gasteiger partial charge is 0.463 e. The molecule has 0 radical (unpaired) electrons. The van der Waals surface area contributed by atoms with Crippen molar-refractivity contribution in [3.05, 3.63) is 28.7 Å². The summed E-state index contributed by atoms with van der Waals surface area (Å²) < 4.78 is 28.4. The fourth-order valence-electron chi connectivity index (χ4n) is 3.04. The maximum atomic E-state index is 11.9. The summed E-state index contributed by atoms with van der Waals surface area (Å²) in [6.45, 7) is 4.54. The van der Waals surface area contributed by atoms with E-state index >= 15 is 0 Å². The molecule has 1 fully saturated rings. The number of amides is 1. The van der Waals surface area contributed by atoms with Crippen LogP contribution in [0.15, 0.2) is 28.7 Å². The molecule has 0 saturated carbocycles. The van der Waals surface area contributed by atoms with E-state index in [9.17, 15) is 19.2 Å². The topological polar surface area (TPSA) is 126 Å². The Morgan fingerprint density at radius 2 is 1.52 bits per heavy atom. The maximum Gasteiger partial charge on any atom is 0.303 e. The van der Waals surface area contributed by atoms with E-state index in [0.29, 0.717) is 5.75 Å². The van der Waals surface area contributed by atoms with E-state index in [4.69, 9.17) is 23.7 Å². The predicted octanol–water partition coefficient (Wildman–Crippen LogP) is 1.48. The Hall–Kier alpha value is -2.66. The minimum Gasteiger partial charge on any atom is -0.463 e. The normalized spacial score (nSPS) is 25.1. The van der Waals surface area contributed by atoms with E-state index in [0.717, 1.165) is 4.47 Å². The van der Waals surface area contributed by atoms with Crippen LogP contribution in [0.2, 0.25) is 0 Å². The van der Waals surface area contributed by atoms with Crippen LogP contribution in [0.4, 0.5) is 0 Å². The van der Waals surface area contributed by atoms with Crippen molar-refractivity contribution in [2.45, 2.75) is 58.3 Å². The average molecular weight is 502 g/mol. The Balaban J connectivity index is 2.43. The molecular weight excluding hydrogens is 478 g/mol. The zero-order valence-corrected chi connectivity index (χ0v) is 19.0. The van der Waals surface area contributed by atoms with Gasteiger partial charge >= 0.3 is 17.9 Å². The van der Waals surface area contributed by atoms with Gasteiger partial charge in [0.1, 0.15) is 24.5 Å². The summed E-state index contributed by atoms with van der Waals surface area (Å²) in [7, 11) is 0. The molecule has 0 aromatic heterocycles. The molecule has 1 aliphatic rings. The number of halogens is 1. The first-order chi connectivity index (χ1) is 14.6. The number of hydrogen-bond acceptors (Lipinski definition) is 9. The van der Waals surface area contributed by atoms with Crippen molar-refractivity contribution < 1.29 is 42.9 Å². The molecule has 31 heavy (non-hydrogen) atoms. The van der Waals surface area contributed by atoms with Crippen molar-refractivity contribution in [2.75, 3.05) is 6.61 Å². The Morgan fingerprint density at radius 3 is 2.03 bits per heavy atom. The molecule has 1 saturated heterocycles. The van der Waals surface area contributed by atoms with Crippen LogP contribution < -0.4 is 10.1 Å². The van der Waals surface area contributed by atoms with Gasteiger partial charge in [-0.25, -0.2) is 0 Å². The quantitative estimate of drug-likeness (QED) is 0.436. The summed E-state index contributed by atoms with van der Waals surface area (Å²) in [5, 5.41) is 2.63. The first kappa shape index (κ1) is 24.6. The van der Waals surface area contributed by atoms with Gasteiger partial charge in [0.25, 0.3) is 0 Å². The standard InChI is InChI=1S/C20H24BrNO9/c1-10(23)22-17-19(29-13(4)26)18(28-12(3)25)16(9-27-11(2)24)31-20(17)30-15-7-5-14(21)6-8-15/h5-8,16-20H,9H2,1-4H3,(H,22,23)/t16-,17+,18-,19-,20-/m1/s1. The minimum atomic E-state index is -1.17. The van der Waals surface area contributed by atoms with Crippen LogP contribution in [-0.2, 0) is 38.1 Å². The van der Waals surface area contributed by atoms with Crippen LogP contribution in [0.25, 0.3) is 0 Å². The first-order valence-corrected chi connectivity index (χ1v) is 10.2. The van der Waals surface area contributed by atoms with E-state index < -0.39 is 54.5 Å². The third-order valence-electron chi connectivity index (χ3n) is 4.14. The van der Waals surface area contributed by atoms with Crippen LogP contribution >= 0.6 is 15.9 Å². The molecule has 1 aromatic carbocycles. The van der Waals surface area contributed by atoms with Crippen LogP contribution in [0.5, 0.6) is 5.75 Å². The van der Waals surface area contributed by atoms with Gasteiger partial charge in [-0.3, -0.25) is 19.2 Å². The molecule has 1 aliphatic heterocycles. The summed E-state index contributed by atoms with van der Waals surface area (Å²) in [5.41, 5.74) is 0. The van der Waals surface area contributed by atoms with E-state index in [1.807, 2.05) is 0 Å². The summed E-state index contributed by atoms with van der Waals surface area (Å²) in [6.07, 6.45) is -4.51. The van der Waals surface area contributed by atoms with Gasteiger partial charge in [-0.15, -0.1) is 0 Å². The van der Waals surface area contributed by atoms with Gasteiger partial charge < -0.3 is 29.0 Å². The number of rotatable bonds is 7. The van der Waals surface area contributed by atoms with Crippen molar-refractivity contribution in [3.8, 4) is 5.75 Å². The third kappa shape index (κ3) is 7.51. The van der Waals surface area contributed by atoms with Crippen LogP contribution in [0.3, 0.4) is 0 Å². The van der Waals surface area contributed by atoms with Crippen molar-refractivity contribution in [2.24, 2.45) is 0 Å². The molecule has 1 aromatic rings. The summed E-state index contributed by atoms with van der Waals surface area (Å²) in [5.74, 6) is -1.97. The molecule has 10 nitrogen and oxygen atoms in total. The summed E-state index contributed by atoms with van der Waals surface area (Å²) in [6, 6.07) is 5.79. The Labute approximate surface area is 187 Å². The van der Waals surface area contributed by atoms with Crippen molar-refractivity contribution in [1.82, 2.24) is 5.32 Å². The lowest BCUT2D eigenvalue weighted by atomic mass is 9.96. The fraction of sp³-hybridized carbons (Fsp3) is 0.500. The highest BCUT2D eigenvalue weighted by Crippen LogP contribution is 2.29. The molecule has 5 atom stereocenters. The Bertz CT molecular complexity index is 813. The van der Waals surface area contributed by atoms with Gasteiger partial charge in [0.05, 0.1) is 0 Å². The van der Waals surface area contributed by atoms with Gasteiger partial charge in [-0.2, -0.15) is 0 Å². The summed E-state index contributed by atoms with van der Waals surface area (Å²) >= 11 is 3.33. The first-order valence-electron chi connectivity index (χ1n) is 9.39. The van der Waals surface area contributed by atoms with Crippen LogP contribution in [0, 0.1) is 0 Å². The molecule has 170 valence electrons. The number of benzene rings is 1. The highest BCUT2D eigenvalue weighted by Gasteiger charge is 2.51. The molecule has 0 unspecified atom stereocenters. The zero-order chi connectivity index (χ0) is 23.1. The molecule has 11 heteroatoms. The van der Waals surface area contributed by atoms with E-state index in [-0.39, 0.29) is 6.61 Å². The third-order valence-corrected chi connectivity index (χ3v) is 4.67. The molecule has 0 spiro atoms. The zero-order valence-electron chi connectivity index (χ0n) is 17.5. The minimum absolute atomic E-state index is 0.294. The number of carbonyl (C=O) groups is 4. The second-order valence-corrected chi connectivity index (χ2v) is 7.71. The second-order valence-electron chi connectivity index (χ2n) is 6.79. The number of esters is 3. The van der Waals surface area contributed by atoms with Crippen molar-refractivity contribution in [3.63, 3.8) is 0 Å². The highest BCUT2D eigenvalue weighted by molar-refractivity contribution is 9.10. The Kier molecular flexibility index (Phi) is 8.81. The fourth-order valence-corrected chi connectivity index (χ4v) is 3.30. The predicted molar refractivity (Wildman–Crippen MR) is 109 cm³/mol. The molecule has 1 heterocycles. The van der Waals surface area contributed by atoms with Gasteiger partial charge in [0.2, 0.25) is 12.2 Å². The highest BCUT2D eigenvalue weighted by atomic mass is 79.9.